The first kappa shape index (κ1) is 14.8. The van der Waals surface area contributed by atoms with E-state index in [1.807, 2.05) is 19.1 Å². The molecule has 0 aromatic heterocycles. The van der Waals surface area contributed by atoms with Gasteiger partial charge in [-0.25, -0.2) is 8.42 Å². The highest BCUT2D eigenvalue weighted by Gasteiger charge is 2.50. The molecule has 2 rings (SSSR count). The highest BCUT2D eigenvalue weighted by atomic mass is 32.2. The van der Waals surface area contributed by atoms with Gasteiger partial charge in [-0.3, -0.25) is 9.52 Å². The molecule has 1 aliphatic carbocycles. The zero-order chi connectivity index (χ0) is 14.8. The summed E-state index contributed by atoms with van der Waals surface area (Å²) in [5.41, 5.74) is 1.06. The van der Waals surface area contributed by atoms with Crippen molar-refractivity contribution in [3.8, 4) is 0 Å². The molecular formula is C14H20N2O3S. The lowest BCUT2D eigenvalue weighted by Gasteiger charge is -2.16. The van der Waals surface area contributed by atoms with Crippen LogP contribution in [0, 0.1) is 0 Å². The van der Waals surface area contributed by atoms with E-state index in [9.17, 15) is 13.2 Å². The molecule has 0 aliphatic heterocycles. The highest BCUT2D eigenvalue weighted by Crippen LogP contribution is 2.48. The van der Waals surface area contributed by atoms with Crippen LogP contribution in [0.4, 0.5) is 5.69 Å². The van der Waals surface area contributed by atoms with Crippen LogP contribution >= 0.6 is 0 Å². The maximum absolute atomic E-state index is 12.2. The van der Waals surface area contributed by atoms with Gasteiger partial charge in [0.05, 0.1) is 11.7 Å². The number of carbonyl (C=O) groups is 1. The Hall–Kier alpha value is -1.56. The molecule has 1 aromatic rings. The Morgan fingerprint density at radius 3 is 2.30 bits per heavy atom. The number of benzene rings is 1. The number of sulfonamides is 1. The van der Waals surface area contributed by atoms with Crippen molar-refractivity contribution < 1.29 is 13.2 Å². The molecule has 0 radical (unpaired) electrons. The largest absolute Gasteiger partial charge is 0.355 e. The third-order valence-corrected chi connectivity index (χ3v) is 4.07. The molecule has 1 amide bonds. The lowest BCUT2D eigenvalue weighted by Crippen LogP contribution is -2.35. The van der Waals surface area contributed by atoms with Crippen molar-refractivity contribution in [1.82, 2.24) is 5.32 Å². The fourth-order valence-corrected chi connectivity index (χ4v) is 2.82. The van der Waals surface area contributed by atoms with Gasteiger partial charge in [-0.05, 0) is 37.0 Å². The molecule has 110 valence electrons. The number of nitrogens with one attached hydrogen (secondary N) is 2. The molecule has 0 unspecified atom stereocenters. The van der Waals surface area contributed by atoms with Gasteiger partial charge in [0.25, 0.3) is 0 Å². The molecular weight excluding hydrogens is 276 g/mol. The number of rotatable bonds is 6. The van der Waals surface area contributed by atoms with Crippen molar-refractivity contribution in [1.29, 1.82) is 0 Å². The summed E-state index contributed by atoms with van der Waals surface area (Å²) in [4.78, 5) is 12.2. The molecule has 0 bridgehead atoms. The van der Waals surface area contributed by atoms with Gasteiger partial charge in [0, 0.05) is 12.2 Å². The van der Waals surface area contributed by atoms with Crippen molar-refractivity contribution in [2.24, 2.45) is 0 Å². The maximum Gasteiger partial charge on any atom is 0.230 e. The minimum absolute atomic E-state index is 0.0724. The van der Waals surface area contributed by atoms with E-state index in [4.69, 9.17) is 0 Å². The first-order valence-electron chi connectivity index (χ1n) is 6.74. The average molecular weight is 296 g/mol. The Kier molecular flexibility index (Phi) is 4.04. The monoisotopic (exact) mass is 296 g/mol. The summed E-state index contributed by atoms with van der Waals surface area (Å²) in [6.07, 6.45) is 3.73. The van der Waals surface area contributed by atoms with Crippen LogP contribution < -0.4 is 10.0 Å². The molecule has 6 heteroatoms. The second-order valence-corrected chi connectivity index (χ2v) is 7.04. The minimum atomic E-state index is -3.27. The van der Waals surface area contributed by atoms with Gasteiger partial charge in [0.2, 0.25) is 15.9 Å². The molecule has 0 saturated heterocycles. The molecule has 2 N–H and O–H groups in total. The van der Waals surface area contributed by atoms with Gasteiger partial charge >= 0.3 is 0 Å². The number of hydrogen-bond acceptors (Lipinski definition) is 3. The van der Waals surface area contributed by atoms with Crippen LogP contribution in [0.25, 0.3) is 0 Å². The van der Waals surface area contributed by atoms with Crippen LogP contribution in [-0.2, 0) is 20.2 Å². The SMILES string of the molecule is CCCNC(=O)C1(c2ccc(NS(C)(=O)=O)cc2)CC1. The fraction of sp³-hybridized carbons (Fsp3) is 0.500. The summed E-state index contributed by atoms with van der Waals surface area (Å²) < 4.78 is 24.7. The van der Waals surface area contributed by atoms with Crippen LogP contribution in [0.3, 0.4) is 0 Å². The summed E-state index contributed by atoms with van der Waals surface area (Å²) in [5.74, 6) is 0.0724. The lowest BCUT2D eigenvalue weighted by atomic mass is 9.95. The molecule has 1 aliphatic rings. The van der Waals surface area contributed by atoms with E-state index in [1.54, 1.807) is 12.1 Å². The molecule has 1 aromatic carbocycles. The van der Waals surface area contributed by atoms with Gasteiger partial charge < -0.3 is 5.32 Å². The zero-order valence-electron chi connectivity index (χ0n) is 11.8. The predicted molar refractivity (Wildman–Crippen MR) is 79.1 cm³/mol. The number of hydrogen-bond donors (Lipinski definition) is 2. The van der Waals surface area contributed by atoms with E-state index in [2.05, 4.69) is 10.0 Å². The van der Waals surface area contributed by atoms with Crippen LogP contribution in [0.5, 0.6) is 0 Å². The summed E-state index contributed by atoms with van der Waals surface area (Å²) in [7, 11) is -3.27. The second-order valence-electron chi connectivity index (χ2n) is 5.29. The first-order valence-corrected chi connectivity index (χ1v) is 8.63. The summed E-state index contributed by atoms with van der Waals surface area (Å²) >= 11 is 0. The summed E-state index contributed by atoms with van der Waals surface area (Å²) in [6.45, 7) is 2.71. The van der Waals surface area contributed by atoms with Crippen molar-refractivity contribution in [2.45, 2.75) is 31.6 Å². The quantitative estimate of drug-likeness (QED) is 0.837. The summed E-state index contributed by atoms with van der Waals surface area (Å²) in [5, 5.41) is 2.94. The van der Waals surface area contributed by atoms with Gasteiger partial charge in [-0.15, -0.1) is 0 Å². The molecule has 5 nitrogen and oxygen atoms in total. The van der Waals surface area contributed by atoms with Crippen molar-refractivity contribution in [3.05, 3.63) is 29.8 Å². The zero-order valence-corrected chi connectivity index (χ0v) is 12.6. The third kappa shape index (κ3) is 3.30. The topological polar surface area (TPSA) is 75.3 Å². The molecule has 0 spiro atoms. The molecule has 1 fully saturated rings. The first-order chi connectivity index (χ1) is 9.37. The highest BCUT2D eigenvalue weighted by molar-refractivity contribution is 7.92. The van der Waals surface area contributed by atoms with E-state index in [-0.39, 0.29) is 5.91 Å². The molecule has 0 atom stereocenters. The van der Waals surface area contributed by atoms with Crippen LogP contribution in [0.15, 0.2) is 24.3 Å². The lowest BCUT2D eigenvalue weighted by molar-refractivity contribution is -0.123. The third-order valence-electron chi connectivity index (χ3n) is 3.46. The normalized spacial score (nSPS) is 16.5. The Morgan fingerprint density at radius 1 is 1.25 bits per heavy atom. The van der Waals surface area contributed by atoms with Gasteiger partial charge in [0.1, 0.15) is 0 Å². The van der Waals surface area contributed by atoms with E-state index in [1.165, 1.54) is 0 Å². The second kappa shape index (κ2) is 5.44. The van der Waals surface area contributed by atoms with Crippen molar-refractivity contribution in [3.63, 3.8) is 0 Å². The minimum Gasteiger partial charge on any atom is -0.355 e. The van der Waals surface area contributed by atoms with Crippen molar-refractivity contribution >= 4 is 21.6 Å². The Balaban J connectivity index is 2.12. The Bertz CT molecular complexity index is 589. The average Bonchev–Trinajstić information content (AvgIpc) is 3.16. The van der Waals surface area contributed by atoms with Gasteiger partial charge in [-0.2, -0.15) is 0 Å². The van der Waals surface area contributed by atoms with E-state index in [0.717, 1.165) is 31.1 Å². The molecule has 0 heterocycles. The maximum atomic E-state index is 12.2. The Labute approximate surface area is 119 Å². The number of anilines is 1. The van der Waals surface area contributed by atoms with E-state index < -0.39 is 15.4 Å². The fourth-order valence-electron chi connectivity index (χ4n) is 2.25. The summed E-state index contributed by atoms with van der Waals surface area (Å²) in [6, 6.07) is 7.05. The Morgan fingerprint density at radius 2 is 1.85 bits per heavy atom. The van der Waals surface area contributed by atoms with Gasteiger partial charge in [-0.1, -0.05) is 19.1 Å². The molecule has 1 saturated carbocycles. The van der Waals surface area contributed by atoms with Crippen LogP contribution in [0.1, 0.15) is 31.7 Å². The van der Waals surface area contributed by atoms with E-state index in [0.29, 0.717) is 12.2 Å². The van der Waals surface area contributed by atoms with Crippen molar-refractivity contribution in [2.75, 3.05) is 17.5 Å². The predicted octanol–water partition coefficient (Wildman–Crippen LogP) is 1.62. The number of amides is 1. The standard InChI is InChI=1S/C14H20N2O3S/c1-3-10-15-13(17)14(8-9-14)11-4-6-12(7-5-11)16-20(2,18)19/h4-7,16H,3,8-10H2,1-2H3,(H,15,17). The van der Waals surface area contributed by atoms with E-state index >= 15 is 0 Å². The van der Waals surface area contributed by atoms with Gasteiger partial charge in [0.15, 0.2) is 0 Å². The smallest absolute Gasteiger partial charge is 0.230 e. The van der Waals surface area contributed by atoms with Crippen LogP contribution in [-0.4, -0.2) is 27.1 Å². The van der Waals surface area contributed by atoms with Crippen LogP contribution in [0.2, 0.25) is 0 Å². The number of carbonyl (C=O) groups excluding carboxylic acids is 1. The molecule has 20 heavy (non-hydrogen) atoms.